The SMILES string of the molecule is COc1ccccc1-c1cc(N=[N+]=[N-])[nH]n1. The highest BCUT2D eigenvalue weighted by atomic mass is 16.5. The summed E-state index contributed by atoms with van der Waals surface area (Å²) in [6.07, 6.45) is 0. The largest absolute Gasteiger partial charge is 0.496 e. The number of benzene rings is 1. The van der Waals surface area contributed by atoms with Gasteiger partial charge < -0.3 is 4.74 Å². The van der Waals surface area contributed by atoms with E-state index in [1.54, 1.807) is 13.2 Å². The smallest absolute Gasteiger partial charge is 0.128 e. The summed E-state index contributed by atoms with van der Waals surface area (Å²) >= 11 is 0. The fraction of sp³-hybridized carbons (Fsp3) is 0.100. The molecule has 0 spiro atoms. The molecule has 2 aromatic rings. The van der Waals surface area contributed by atoms with Crippen molar-refractivity contribution in [2.75, 3.05) is 7.11 Å². The number of ether oxygens (including phenoxy) is 1. The van der Waals surface area contributed by atoms with E-state index in [0.29, 0.717) is 11.5 Å². The molecule has 1 heterocycles. The molecule has 0 fully saturated rings. The average Bonchev–Trinajstić information content (AvgIpc) is 2.78. The molecular formula is C10H9N5O. The number of H-pyrrole nitrogens is 1. The van der Waals surface area contributed by atoms with Crippen LogP contribution in [0.5, 0.6) is 5.75 Å². The number of nitrogens with zero attached hydrogens (tertiary/aromatic N) is 4. The minimum absolute atomic E-state index is 0.378. The second kappa shape index (κ2) is 4.37. The van der Waals surface area contributed by atoms with E-state index in [9.17, 15) is 0 Å². The third-order valence-corrected chi connectivity index (χ3v) is 2.10. The maximum absolute atomic E-state index is 8.29. The van der Waals surface area contributed by atoms with Crippen molar-refractivity contribution in [2.24, 2.45) is 5.11 Å². The van der Waals surface area contributed by atoms with Crippen LogP contribution in [-0.2, 0) is 0 Å². The standard InChI is InChI=1S/C10H9N5O/c1-16-9-5-3-2-4-7(9)8-6-10(13-12-8)14-15-11/h2-6H,1H3,(H,12,13). The van der Waals surface area contributed by atoms with Crippen molar-refractivity contribution < 1.29 is 4.74 Å². The molecule has 80 valence electrons. The van der Waals surface area contributed by atoms with Crippen LogP contribution >= 0.6 is 0 Å². The number of azide groups is 1. The highest BCUT2D eigenvalue weighted by Gasteiger charge is 2.07. The van der Waals surface area contributed by atoms with E-state index in [1.807, 2.05) is 24.3 Å². The lowest BCUT2D eigenvalue weighted by Gasteiger charge is -2.04. The van der Waals surface area contributed by atoms with E-state index in [2.05, 4.69) is 20.2 Å². The van der Waals surface area contributed by atoms with Crippen molar-refractivity contribution in [1.82, 2.24) is 10.2 Å². The van der Waals surface area contributed by atoms with Crippen LogP contribution in [-0.4, -0.2) is 17.3 Å². The zero-order valence-corrected chi connectivity index (χ0v) is 8.58. The number of hydrogen-bond acceptors (Lipinski definition) is 3. The predicted octanol–water partition coefficient (Wildman–Crippen LogP) is 3.03. The summed E-state index contributed by atoms with van der Waals surface area (Å²) < 4.78 is 5.21. The number of rotatable bonds is 3. The Hall–Kier alpha value is -2.46. The van der Waals surface area contributed by atoms with Crippen molar-refractivity contribution in [3.8, 4) is 17.0 Å². The van der Waals surface area contributed by atoms with Gasteiger partial charge in [0.1, 0.15) is 11.6 Å². The monoisotopic (exact) mass is 215 g/mol. The van der Waals surface area contributed by atoms with Gasteiger partial charge in [0.05, 0.1) is 12.8 Å². The highest BCUT2D eigenvalue weighted by Crippen LogP contribution is 2.29. The molecule has 6 nitrogen and oxygen atoms in total. The molecule has 0 saturated heterocycles. The molecule has 0 amide bonds. The van der Waals surface area contributed by atoms with E-state index in [-0.39, 0.29) is 0 Å². The maximum atomic E-state index is 8.29. The summed E-state index contributed by atoms with van der Waals surface area (Å²) in [6.45, 7) is 0. The molecule has 0 bridgehead atoms. The highest BCUT2D eigenvalue weighted by molar-refractivity contribution is 5.68. The Morgan fingerprint density at radius 3 is 3.00 bits per heavy atom. The maximum Gasteiger partial charge on any atom is 0.128 e. The van der Waals surface area contributed by atoms with Gasteiger partial charge in [0.25, 0.3) is 0 Å². The van der Waals surface area contributed by atoms with E-state index >= 15 is 0 Å². The second-order valence-corrected chi connectivity index (χ2v) is 3.03. The quantitative estimate of drug-likeness (QED) is 0.484. The molecule has 0 unspecified atom stereocenters. The Morgan fingerprint density at radius 2 is 2.25 bits per heavy atom. The van der Waals surface area contributed by atoms with Gasteiger partial charge in [0.2, 0.25) is 0 Å². The lowest BCUT2D eigenvalue weighted by atomic mass is 10.1. The number of nitrogens with one attached hydrogen (secondary N) is 1. The van der Waals surface area contributed by atoms with Gasteiger partial charge in [-0.1, -0.05) is 12.1 Å². The summed E-state index contributed by atoms with van der Waals surface area (Å²) in [7, 11) is 1.60. The zero-order valence-electron chi connectivity index (χ0n) is 8.58. The zero-order chi connectivity index (χ0) is 11.4. The molecule has 0 saturated carbocycles. The molecule has 6 heteroatoms. The Balaban J connectivity index is 2.45. The van der Waals surface area contributed by atoms with Crippen LogP contribution < -0.4 is 4.74 Å². The molecule has 1 aromatic heterocycles. The number of para-hydroxylation sites is 1. The third kappa shape index (κ3) is 1.82. The predicted molar refractivity (Wildman–Crippen MR) is 59.4 cm³/mol. The van der Waals surface area contributed by atoms with Crippen LogP contribution in [0, 0.1) is 0 Å². The summed E-state index contributed by atoms with van der Waals surface area (Å²) in [4.78, 5) is 2.68. The summed E-state index contributed by atoms with van der Waals surface area (Å²) in [5.74, 6) is 1.10. The van der Waals surface area contributed by atoms with Crippen LogP contribution in [0.2, 0.25) is 0 Å². The topological polar surface area (TPSA) is 86.7 Å². The summed E-state index contributed by atoms with van der Waals surface area (Å²) in [5.41, 5.74) is 9.81. The van der Waals surface area contributed by atoms with Gasteiger partial charge in [-0.25, -0.2) is 0 Å². The number of methoxy groups -OCH3 is 1. The van der Waals surface area contributed by atoms with Crippen molar-refractivity contribution in [1.29, 1.82) is 0 Å². The molecule has 1 aromatic carbocycles. The van der Waals surface area contributed by atoms with Crippen molar-refractivity contribution in [3.05, 3.63) is 40.8 Å². The fourth-order valence-electron chi connectivity index (χ4n) is 1.41. The Morgan fingerprint density at radius 1 is 1.44 bits per heavy atom. The van der Waals surface area contributed by atoms with Gasteiger partial charge in [0, 0.05) is 10.5 Å². The summed E-state index contributed by atoms with van der Waals surface area (Å²) in [5, 5.41) is 10.1. The van der Waals surface area contributed by atoms with E-state index in [4.69, 9.17) is 10.3 Å². The lowest BCUT2D eigenvalue weighted by molar-refractivity contribution is 0.416. The van der Waals surface area contributed by atoms with E-state index in [1.165, 1.54) is 0 Å². The van der Waals surface area contributed by atoms with Crippen LogP contribution in [0.25, 0.3) is 21.7 Å². The normalized spacial score (nSPS) is 9.56. The Labute approximate surface area is 91.5 Å². The van der Waals surface area contributed by atoms with Gasteiger partial charge in [-0.3, -0.25) is 5.10 Å². The first-order chi connectivity index (χ1) is 7.85. The molecule has 0 aliphatic rings. The minimum Gasteiger partial charge on any atom is -0.496 e. The van der Waals surface area contributed by atoms with Crippen LogP contribution in [0.15, 0.2) is 35.4 Å². The third-order valence-electron chi connectivity index (χ3n) is 2.10. The van der Waals surface area contributed by atoms with E-state index < -0.39 is 0 Å². The van der Waals surface area contributed by atoms with Gasteiger partial charge in [-0.05, 0) is 28.8 Å². The second-order valence-electron chi connectivity index (χ2n) is 3.03. The lowest BCUT2D eigenvalue weighted by Crippen LogP contribution is -1.87. The Bertz CT molecular complexity index is 542. The van der Waals surface area contributed by atoms with Gasteiger partial charge in [0.15, 0.2) is 0 Å². The molecule has 1 N–H and O–H groups in total. The molecule has 2 rings (SSSR count). The van der Waals surface area contributed by atoms with Crippen LogP contribution in [0.3, 0.4) is 0 Å². The number of hydrogen-bond donors (Lipinski definition) is 1. The molecule has 16 heavy (non-hydrogen) atoms. The first kappa shape index (κ1) is 10.1. The van der Waals surface area contributed by atoms with Crippen molar-refractivity contribution in [3.63, 3.8) is 0 Å². The molecule has 0 radical (unpaired) electrons. The van der Waals surface area contributed by atoms with Crippen molar-refractivity contribution >= 4 is 5.82 Å². The van der Waals surface area contributed by atoms with Gasteiger partial charge >= 0.3 is 0 Å². The first-order valence-corrected chi connectivity index (χ1v) is 4.59. The van der Waals surface area contributed by atoms with Crippen LogP contribution in [0.4, 0.5) is 5.82 Å². The van der Waals surface area contributed by atoms with Gasteiger partial charge in [-0.2, -0.15) is 5.10 Å². The summed E-state index contributed by atoms with van der Waals surface area (Å²) in [6, 6.07) is 9.16. The number of aromatic nitrogens is 2. The molecule has 0 aliphatic heterocycles. The first-order valence-electron chi connectivity index (χ1n) is 4.59. The van der Waals surface area contributed by atoms with Crippen LogP contribution in [0.1, 0.15) is 0 Å². The fourth-order valence-corrected chi connectivity index (χ4v) is 1.41. The Kier molecular flexibility index (Phi) is 2.75. The average molecular weight is 215 g/mol. The van der Waals surface area contributed by atoms with Gasteiger partial charge in [-0.15, -0.1) is 0 Å². The number of aromatic amines is 1. The van der Waals surface area contributed by atoms with Crippen molar-refractivity contribution in [2.45, 2.75) is 0 Å². The minimum atomic E-state index is 0.378. The van der Waals surface area contributed by atoms with E-state index in [0.717, 1.165) is 11.3 Å². The molecule has 0 atom stereocenters. The molecular weight excluding hydrogens is 206 g/mol. The molecule has 0 aliphatic carbocycles.